The average Bonchev–Trinajstić information content (AvgIpc) is 2.45. The van der Waals surface area contributed by atoms with Gasteiger partial charge in [-0.2, -0.15) is 8.78 Å². The first kappa shape index (κ1) is 15.9. The lowest BCUT2D eigenvalue weighted by Gasteiger charge is -2.45. The number of halogens is 2. The molecule has 2 aliphatic heterocycles. The number of likely N-dealkylation sites (tertiary alicyclic amines) is 1. The Hall–Kier alpha value is -1.53. The molecule has 21 heavy (non-hydrogen) atoms. The second kappa shape index (κ2) is 6.07. The number of alkyl halides is 2. The SMILES string of the molecule is C=C/C=C(\C=C)CN1CCC2(CC1)CNC(=O)C(F)(F)O2. The molecule has 0 unspecified atom stereocenters. The summed E-state index contributed by atoms with van der Waals surface area (Å²) >= 11 is 0. The molecule has 1 spiro atoms. The van der Waals surface area contributed by atoms with Crippen molar-refractivity contribution >= 4 is 5.91 Å². The number of nitrogens with one attached hydrogen (secondary N) is 1. The number of nitrogens with zero attached hydrogens (tertiary/aromatic N) is 1. The van der Waals surface area contributed by atoms with Crippen LogP contribution in [0.4, 0.5) is 8.78 Å². The van der Waals surface area contributed by atoms with E-state index in [4.69, 9.17) is 4.74 Å². The molecule has 2 heterocycles. The first-order valence-corrected chi connectivity index (χ1v) is 6.93. The van der Waals surface area contributed by atoms with E-state index in [0.29, 0.717) is 32.5 Å². The molecule has 0 bridgehead atoms. The van der Waals surface area contributed by atoms with E-state index < -0.39 is 17.6 Å². The summed E-state index contributed by atoms with van der Waals surface area (Å²) in [6.07, 6.45) is 2.53. The summed E-state index contributed by atoms with van der Waals surface area (Å²) < 4.78 is 31.6. The van der Waals surface area contributed by atoms with Gasteiger partial charge in [-0.15, -0.1) is 0 Å². The van der Waals surface area contributed by atoms with Crippen molar-refractivity contribution in [3.63, 3.8) is 0 Å². The van der Waals surface area contributed by atoms with Gasteiger partial charge in [0, 0.05) is 26.2 Å². The fourth-order valence-corrected chi connectivity index (χ4v) is 2.69. The fourth-order valence-electron chi connectivity index (χ4n) is 2.69. The number of piperidine rings is 1. The fraction of sp³-hybridized carbons (Fsp3) is 0.533. The molecule has 0 atom stereocenters. The number of hydrogen-bond acceptors (Lipinski definition) is 3. The van der Waals surface area contributed by atoms with Gasteiger partial charge in [0.25, 0.3) is 0 Å². The largest absolute Gasteiger partial charge is 0.437 e. The van der Waals surface area contributed by atoms with Gasteiger partial charge in [0.15, 0.2) is 0 Å². The third-order valence-corrected chi connectivity index (χ3v) is 3.95. The van der Waals surface area contributed by atoms with Crippen molar-refractivity contribution in [1.29, 1.82) is 0 Å². The highest BCUT2D eigenvalue weighted by molar-refractivity contribution is 5.82. The van der Waals surface area contributed by atoms with Gasteiger partial charge < -0.3 is 10.1 Å². The van der Waals surface area contributed by atoms with Crippen molar-refractivity contribution < 1.29 is 18.3 Å². The van der Waals surface area contributed by atoms with Gasteiger partial charge in [-0.3, -0.25) is 9.69 Å². The Balaban J connectivity index is 1.94. The summed E-state index contributed by atoms with van der Waals surface area (Å²) in [4.78, 5) is 13.2. The van der Waals surface area contributed by atoms with Crippen LogP contribution in [-0.2, 0) is 9.53 Å². The molecule has 0 aromatic heterocycles. The molecule has 6 heteroatoms. The van der Waals surface area contributed by atoms with Crippen LogP contribution in [-0.4, -0.2) is 48.7 Å². The molecule has 2 saturated heterocycles. The molecule has 4 nitrogen and oxygen atoms in total. The maximum absolute atomic E-state index is 13.4. The molecule has 0 aliphatic carbocycles. The number of ether oxygens (including phenoxy) is 1. The minimum absolute atomic E-state index is 0.145. The highest BCUT2D eigenvalue weighted by Gasteiger charge is 2.53. The maximum Gasteiger partial charge on any atom is 0.437 e. The van der Waals surface area contributed by atoms with Crippen LogP contribution >= 0.6 is 0 Å². The Kier molecular flexibility index (Phi) is 4.58. The quantitative estimate of drug-likeness (QED) is 0.806. The smallest absolute Gasteiger partial charge is 0.346 e. The first-order chi connectivity index (χ1) is 9.91. The standard InChI is InChI=1S/C15H20F2N2O2/c1-3-5-12(4-2)10-19-8-6-14(7-9-19)11-18-13(20)15(16,17)21-14/h3-5H,1-2,6-11H2,(H,18,20)/b12-5+. The van der Waals surface area contributed by atoms with Crippen molar-refractivity contribution in [1.82, 2.24) is 10.2 Å². The number of amides is 1. The van der Waals surface area contributed by atoms with E-state index in [1.807, 2.05) is 6.08 Å². The normalized spacial score (nSPS) is 25.4. The maximum atomic E-state index is 13.4. The molecule has 0 radical (unpaired) electrons. The number of carbonyl (C=O) groups excluding carboxylic acids is 1. The second-order valence-corrected chi connectivity index (χ2v) is 5.44. The lowest BCUT2D eigenvalue weighted by Crippen LogP contribution is -2.63. The minimum atomic E-state index is -3.73. The number of carbonyl (C=O) groups is 1. The summed E-state index contributed by atoms with van der Waals surface area (Å²) in [6, 6.07) is 0. The van der Waals surface area contributed by atoms with E-state index in [9.17, 15) is 13.6 Å². The first-order valence-electron chi connectivity index (χ1n) is 6.93. The zero-order chi connectivity index (χ0) is 15.5. The van der Waals surface area contributed by atoms with Crippen molar-refractivity contribution in [3.8, 4) is 0 Å². The third-order valence-electron chi connectivity index (χ3n) is 3.95. The van der Waals surface area contributed by atoms with E-state index in [0.717, 1.165) is 5.57 Å². The van der Waals surface area contributed by atoms with E-state index in [1.54, 1.807) is 12.2 Å². The van der Waals surface area contributed by atoms with E-state index in [2.05, 4.69) is 23.4 Å². The molecule has 1 N–H and O–H groups in total. The van der Waals surface area contributed by atoms with Crippen LogP contribution in [0.1, 0.15) is 12.8 Å². The lowest BCUT2D eigenvalue weighted by molar-refractivity contribution is -0.297. The number of rotatable bonds is 4. The van der Waals surface area contributed by atoms with Gasteiger partial charge in [-0.1, -0.05) is 31.4 Å². The van der Waals surface area contributed by atoms with Gasteiger partial charge in [-0.25, -0.2) is 0 Å². The highest BCUT2D eigenvalue weighted by atomic mass is 19.3. The third kappa shape index (κ3) is 3.57. The van der Waals surface area contributed by atoms with Gasteiger partial charge in [0.2, 0.25) is 0 Å². The number of allylic oxidation sites excluding steroid dienone is 2. The summed E-state index contributed by atoms with van der Waals surface area (Å²) in [7, 11) is 0. The van der Waals surface area contributed by atoms with Crippen LogP contribution in [0.3, 0.4) is 0 Å². The molecular weight excluding hydrogens is 278 g/mol. The molecule has 0 aromatic rings. The summed E-state index contributed by atoms with van der Waals surface area (Å²) in [5.74, 6) is -1.35. The van der Waals surface area contributed by atoms with Gasteiger partial charge in [0.1, 0.15) is 0 Å². The van der Waals surface area contributed by atoms with Crippen molar-refractivity contribution in [3.05, 3.63) is 37.0 Å². The molecule has 2 fully saturated rings. The Bertz CT molecular complexity index is 466. The predicted molar refractivity (Wildman–Crippen MR) is 75.9 cm³/mol. The molecule has 0 aromatic carbocycles. The van der Waals surface area contributed by atoms with Gasteiger partial charge in [-0.05, 0) is 18.4 Å². The topological polar surface area (TPSA) is 41.6 Å². The van der Waals surface area contributed by atoms with E-state index in [-0.39, 0.29) is 6.54 Å². The van der Waals surface area contributed by atoms with Crippen LogP contribution < -0.4 is 5.32 Å². The van der Waals surface area contributed by atoms with Crippen LogP contribution in [0.2, 0.25) is 0 Å². The number of morpholine rings is 1. The van der Waals surface area contributed by atoms with Crippen LogP contribution in [0.25, 0.3) is 0 Å². The monoisotopic (exact) mass is 298 g/mol. The Labute approximate surface area is 123 Å². The van der Waals surface area contributed by atoms with Gasteiger partial charge >= 0.3 is 12.0 Å². The summed E-state index contributed by atoms with van der Waals surface area (Å²) in [6.45, 7) is 9.50. The van der Waals surface area contributed by atoms with Crippen LogP contribution in [0, 0.1) is 0 Å². The predicted octanol–water partition coefficient (Wildman–Crippen LogP) is 1.86. The molecule has 2 aliphatic rings. The average molecular weight is 298 g/mol. The summed E-state index contributed by atoms with van der Waals surface area (Å²) in [5, 5.41) is 2.25. The number of hydrogen-bond donors (Lipinski definition) is 1. The molecule has 0 saturated carbocycles. The van der Waals surface area contributed by atoms with Crippen molar-refractivity contribution in [2.45, 2.75) is 24.6 Å². The zero-order valence-electron chi connectivity index (χ0n) is 11.9. The zero-order valence-corrected chi connectivity index (χ0v) is 11.9. The van der Waals surface area contributed by atoms with Crippen molar-refractivity contribution in [2.75, 3.05) is 26.2 Å². The molecular formula is C15H20F2N2O2. The Morgan fingerprint density at radius 1 is 1.38 bits per heavy atom. The van der Waals surface area contributed by atoms with Gasteiger partial charge in [0.05, 0.1) is 5.60 Å². The minimum Gasteiger partial charge on any atom is -0.346 e. The van der Waals surface area contributed by atoms with Crippen molar-refractivity contribution in [2.24, 2.45) is 0 Å². The Morgan fingerprint density at radius 3 is 2.57 bits per heavy atom. The summed E-state index contributed by atoms with van der Waals surface area (Å²) in [5.41, 5.74) is 0.0777. The van der Waals surface area contributed by atoms with Crippen LogP contribution in [0.15, 0.2) is 37.0 Å². The highest BCUT2D eigenvalue weighted by Crippen LogP contribution is 2.35. The molecule has 1 amide bonds. The Morgan fingerprint density at radius 2 is 2.05 bits per heavy atom. The second-order valence-electron chi connectivity index (χ2n) is 5.44. The lowest BCUT2D eigenvalue weighted by atomic mass is 9.89. The van der Waals surface area contributed by atoms with Crippen LogP contribution in [0.5, 0.6) is 0 Å². The molecule has 116 valence electrons. The van der Waals surface area contributed by atoms with E-state index >= 15 is 0 Å². The van der Waals surface area contributed by atoms with E-state index in [1.165, 1.54) is 0 Å². The molecule has 2 rings (SSSR count).